The van der Waals surface area contributed by atoms with Crippen LogP contribution >= 0.6 is 23.2 Å². The van der Waals surface area contributed by atoms with Crippen molar-refractivity contribution in [2.75, 3.05) is 11.7 Å². The molecule has 0 saturated carbocycles. The van der Waals surface area contributed by atoms with E-state index < -0.39 is 11.7 Å². The molecule has 5 nitrogen and oxygen atoms in total. The predicted molar refractivity (Wildman–Crippen MR) is 140 cm³/mol. The minimum absolute atomic E-state index is 0.00144. The second-order valence-corrected chi connectivity index (χ2v) is 10.8. The Hall–Kier alpha value is -1.95. The van der Waals surface area contributed by atoms with Crippen LogP contribution in [-0.4, -0.2) is 22.8 Å². The Labute approximate surface area is 213 Å². The molecule has 0 aliphatic rings. The molecule has 2 aromatic rings. The zero-order chi connectivity index (χ0) is 25.8. The van der Waals surface area contributed by atoms with Crippen molar-refractivity contribution in [1.82, 2.24) is 0 Å². The van der Waals surface area contributed by atoms with Crippen molar-refractivity contribution in [2.45, 2.75) is 85.0 Å². The quantitative estimate of drug-likeness (QED) is 0.193. The molecule has 0 spiro atoms. The van der Waals surface area contributed by atoms with E-state index in [4.69, 9.17) is 27.9 Å². The molecular formula is C27H37Cl2NO4. The van der Waals surface area contributed by atoms with Gasteiger partial charge in [-0.1, -0.05) is 76.9 Å². The van der Waals surface area contributed by atoms with Crippen LogP contribution in [0.3, 0.4) is 0 Å². The molecule has 0 aliphatic carbocycles. The van der Waals surface area contributed by atoms with Gasteiger partial charge in [0.2, 0.25) is 0 Å². The number of nitrogens with zero attached hydrogens (tertiary/aromatic N) is 1. The van der Waals surface area contributed by atoms with Crippen molar-refractivity contribution in [3.8, 4) is 11.5 Å². The molecular weight excluding hydrogens is 473 g/mol. The molecule has 2 aromatic carbocycles. The maximum absolute atomic E-state index is 12.5. The summed E-state index contributed by atoms with van der Waals surface area (Å²) in [6, 6.07) is 7.69. The lowest BCUT2D eigenvalue weighted by Gasteiger charge is -2.30. The lowest BCUT2D eigenvalue weighted by molar-refractivity contribution is -0.123. The summed E-state index contributed by atoms with van der Waals surface area (Å²) in [7, 11) is 0. The van der Waals surface area contributed by atoms with E-state index in [1.165, 1.54) is 11.6 Å². The Kier molecular flexibility index (Phi) is 9.31. The second-order valence-electron chi connectivity index (χ2n) is 10.0. The summed E-state index contributed by atoms with van der Waals surface area (Å²) in [6.07, 6.45) is 2.40. The summed E-state index contributed by atoms with van der Waals surface area (Å²) in [5, 5.41) is 21.1. The lowest BCUT2D eigenvalue weighted by atomic mass is 9.76. The molecule has 0 radical (unpaired) electrons. The molecule has 0 bridgehead atoms. The molecule has 2 N–H and O–H groups in total. The number of phenols is 1. The van der Waals surface area contributed by atoms with Gasteiger partial charge in [-0.25, -0.2) is 0 Å². The summed E-state index contributed by atoms with van der Waals surface area (Å²) >= 11 is 12.1. The molecule has 7 heteroatoms. The highest BCUT2D eigenvalue weighted by Gasteiger charge is 2.27. The second kappa shape index (κ2) is 11.2. The molecule has 2 rings (SSSR count). The fourth-order valence-electron chi connectivity index (χ4n) is 3.50. The highest BCUT2D eigenvalue weighted by molar-refractivity contribution is 6.37. The molecule has 1 amide bonds. The number of halogens is 2. The van der Waals surface area contributed by atoms with Gasteiger partial charge >= 0.3 is 0 Å². The highest BCUT2D eigenvalue weighted by Crippen LogP contribution is 2.41. The Balaban J connectivity index is 2.10. The van der Waals surface area contributed by atoms with Gasteiger partial charge in [-0.05, 0) is 60.3 Å². The van der Waals surface area contributed by atoms with Gasteiger partial charge in [0.15, 0.2) is 5.75 Å². The molecule has 0 unspecified atom stereocenters. The van der Waals surface area contributed by atoms with E-state index in [0.29, 0.717) is 23.7 Å². The van der Waals surface area contributed by atoms with Crippen LogP contribution in [0, 0.1) is 6.92 Å². The lowest BCUT2D eigenvalue weighted by Crippen LogP contribution is -2.27. The van der Waals surface area contributed by atoms with Crippen LogP contribution in [0.4, 0.5) is 5.69 Å². The van der Waals surface area contributed by atoms with Gasteiger partial charge in [-0.2, -0.15) is 5.06 Å². The molecule has 0 aliphatic heterocycles. The van der Waals surface area contributed by atoms with Crippen LogP contribution in [0.5, 0.6) is 11.5 Å². The molecule has 0 aromatic heterocycles. The van der Waals surface area contributed by atoms with Gasteiger partial charge in [-0.3, -0.25) is 10.0 Å². The number of carbonyl (C=O) groups is 1. The van der Waals surface area contributed by atoms with Crippen molar-refractivity contribution in [2.24, 2.45) is 0 Å². The smallest absolute Gasteiger partial charge is 0.250 e. The SMILES string of the molecule is CCC(C)(C)c1ccc(OCCCC(=O)N(O)c2cc(Cl)c(C)c(Cl)c2O)c(C(C)(C)CC)c1. The number of rotatable bonds is 10. The monoisotopic (exact) mass is 509 g/mol. The average Bonchev–Trinajstić information content (AvgIpc) is 2.81. The standard InChI is InChI=1S/C27H37Cl2NO4/c1-8-26(4,5)18-12-13-22(19(15-18)27(6,7)9-2)34-14-10-11-23(31)30(33)21-16-20(28)17(3)24(29)25(21)32/h12-13,15-16,32-33H,8-11,14H2,1-7H3. The first kappa shape index (κ1) is 28.3. The topological polar surface area (TPSA) is 70.0 Å². The first-order valence-corrected chi connectivity index (χ1v) is 12.5. The van der Waals surface area contributed by atoms with Gasteiger partial charge in [0.1, 0.15) is 11.4 Å². The van der Waals surface area contributed by atoms with Crippen LogP contribution in [0.1, 0.15) is 83.9 Å². The Bertz CT molecular complexity index is 1030. The van der Waals surface area contributed by atoms with Gasteiger partial charge in [0, 0.05) is 17.0 Å². The third-order valence-electron chi connectivity index (χ3n) is 6.92. The van der Waals surface area contributed by atoms with Crippen LogP contribution in [0.15, 0.2) is 24.3 Å². The van der Waals surface area contributed by atoms with Crippen molar-refractivity contribution in [3.63, 3.8) is 0 Å². The Morgan fingerprint density at radius 1 is 1.06 bits per heavy atom. The maximum Gasteiger partial charge on any atom is 0.250 e. The summed E-state index contributed by atoms with van der Waals surface area (Å²) in [5.74, 6) is -0.174. The van der Waals surface area contributed by atoms with Gasteiger partial charge in [0.25, 0.3) is 5.91 Å². The van der Waals surface area contributed by atoms with Crippen molar-refractivity contribution in [3.05, 3.63) is 51.0 Å². The van der Waals surface area contributed by atoms with Crippen molar-refractivity contribution in [1.29, 1.82) is 0 Å². The first-order chi connectivity index (χ1) is 15.8. The number of amides is 1. The molecule has 188 valence electrons. The number of phenolic OH excluding ortho intramolecular Hbond substituents is 1. The summed E-state index contributed by atoms with van der Waals surface area (Å²) in [6.45, 7) is 15.2. The van der Waals surface area contributed by atoms with E-state index in [0.717, 1.165) is 24.2 Å². The van der Waals surface area contributed by atoms with E-state index in [1.54, 1.807) is 6.92 Å². The number of anilines is 1. The number of hydrogen-bond donors (Lipinski definition) is 2. The predicted octanol–water partition coefficient (Wildman–Crippen LogP) is 7.96. The third-order valence-corrected chi connectivity index (χ3v) is 7.77. The van der Waals surface area contributed by atoms with Crippen molar-refractivity contribution < 1.29 is 19.8 Å². The summed E-state index contributed by atoms with van der Waals surface area (Å²) in [5.41, 5.74) is 2.76. The number of benzene rings is 2. The van der Waals surface area contributed by atoms with Crippen LogP contribution < -0.4 is 9.80 Å². The fourth-order valence-corrected chi connectivity index (χ4v) is 3.94. The van der Waals surface area contributed by atoms with Gasteiger partial charge < -0.3 is 9.84 Å². The van der Waals surface area contributed by atoms with E-state index in [1.807, 2.05) is 6.07 Å². The van der Waals surface area contributed by atoms with Crippen molar-refractivity contribution >= 4 is 34.8 Å². The van der Waals surface area contributed by atoms with Gasteiger partial charge in [0.05, 0.1) is 11.6 Å². The minimum atomic E-state index is -0.593. The Morgan fingerprint density at radius 2 is 1.68 bits per heavy atom. The molecule has 0 saturated heterocycles. The largest absolute Gasteiger partial charge is 0.504 e. The van der Waals surface area contributed by atoms with E-state index in [9.17, 15) is 15.1 Å². The van der Waals surface area contributed by atoms with E-state index >= 15 is 0 Å². The zero-order valence-electron chi connectivity index (χ0n) is 21.3. The molecule has 0 fully saturated rings. The van der Waals surface area contributed by atoms with Crippen LogP contribution in [0.2, 0.25) is 10.0 Å². The van der Waals surface area contributed by atoms with Gasteiger partial charge in [-0.15, -0.1) is 0 Å². The third kappa shape index (κ3) is 6.18. The normalized spacial score (nSPS) is 12.1. The van der Waals surface area contributed by atoms with Crippen LogP contribution in [0.25, 0.3) is 0 Å². The maximum atomic E-state index is 12.5. The number of hydrogen-bond acceptors (Lipinski definition) is 4. The number of hydroxylamine groups is 1. The van der Waals surface area contributed by atoms with E-state index in [-0.39, 0.29) is 33.0 Å². The minimum Gasteiger partial charge on any atom is -0.504 e. The fraction of sp³-hybridized carbons (Fsp3) is 0.519. The number of carbonyl (C=O) groups excluding carboxylic acids is 1. The molecule has 34 heavy (non-hydrogen) atoms. The summed E-state index contributed by atoms with van der Waals surface area (Å²) < 4.78 is 6.10. The Morgan fingerprint density at radius 3 is 2.26 bits per heavy atom. The first-order valence-electron chi connectivity index (χ1n) is 11.7. The molecule has 0 atom stereocenters. The molecule has 0 heterocycles. The average molecular weight is 511 g/mol. The highest BCUT2D eigenvalue weighted by atomic mass is 35.5. The summed E-state index contributed by atoms with van der Waals surface area (Å²) in [4.78, 5) is 12.5. The zero-order valence-corrected chi connectivity index (χ0v) is 22.8. The number of aromatic hydroxyl groups is 1. The van der Waals surface area contributed by atoms with Crippen LogP contribution in [-0.2, 0) is 15.6 Å². The van der Waals surface area contributed by atoms with E-state index in [2.05, 4.69) is 53.7 Å². The number of ether oxygens (including phenoxy) is 1.